The van der Waals surface area contributed by atoms with Gasteiger partial charge in [-0.05, 0) is 46.1 Å². The van der Waals surface area contributed by atoms with Crippen LogP contribution in [0.1, 0.15) is 47.5 Å². The van der Waals surface area contributed by atoms with Crippen LogP contribution < -0.4 is 16.0 Å². The summed E-state index contributed by atoms with van der Waals surface area (Å²) in [6.45, 7) is 6.89. The molecule has 1 aliphatic rings. The average molecular weight is 395 g/mol. The predicted molar refractivity (Wildman–Crippen MR) is 102 cm³/mol. The van der Waals surface area contributed by atoms with Crippen molar-refractivity contribution in [2.45, 2.75) is 46.6 Å². The van der Waals surface area contributed by atoms with Crippen LogP contribution in [0.3, 0.4) is 0 Å². The van der Waals surface area contributed by atoms with E-state index in [1.807, 2.05) is 6.92 Å². The lowest BCUT2D eigenvalue weighted by molar-refractivity contribution is -0.130. The molecule has 0 saturated heterocycles. The zero-order valence-corrected chi connectivity index (χ0v) is 16.7. The van der Waals surface area contributed by atoms with Gasteiger partial charge in [0.2, 0.25) is 11.8 Å². The number of aryl methyl sites for hydroxylation is 1. The van der Waals surface area contributed by atoms with Crippen molar-refractivity contribution in [1.29, 1.82) is 0 Å². The summed E-state index contributed by atoms with van der Waals surface area (Å²) in [5.41, 5.74) is 0.989. The Labute approximate surface area is 162 Å². The third-order valence-corrected chi connectivity index (χ3v) is 5.35. The van der Waals surface area contributed by atoms with Crippen LogP contribution in [-0.4, -0.2) is 42.9 Å². The fourth-order valence-electron chi connectivity index (χ4n) is 2.40. The molecule has 2 rings (SSSR count). The first-order chi connectivity index (χ1) is 12.7. The molecule has 1 aliphatic carbocycles. The van der Waals surface area contributed by atoms with Crippen molar-refractivity contribution in [3.05, 3.63) is 16.0 Å². The molecular weight excluding hydrogens is 370 g/mol. The summed E-state index contributed by atoms with van der Waals surface area (Å²) in [7, 11) is 0. The summed E-state index contributed by atoms with van der Waals surface area (Å²) < 4.78 is 5.10. The highest BCUT2D eigenvalue weighted by molar-refractivity contribution is 7.16. The van der Waals surface area contributed by atoms with Crippen molar-refractivity contribution in [2.24, 2.45) is 5.92 Å². The van der Waals surface area contributed by atoms with Crippen LogP contribution in [0.25, 0.3) is 0 Å². The largest absolute Gasteiger partial charge is 0.452 e. The molecule has 1 aromatic rings. The van der Waals surface area contributed by atoms with Crippen molar-refractivity contribution < 1.29 is 23.9 Å². The fourth-order valence-corrected chi connectivity index (χ4v) is 3.45. The standard InChI is InChI=1S/C18H25N3O5S/c1-5-19-15(23)10(3)20-13(22)8-26-18(25)14-9(2)11(4)27-17(14)21-16(24)12-6-7-12/h10,12H,5-8H2,1-4H3,(H,19,23)(H,20,22)(H,21,24)/t10-/m1/s1. The minimum atomic E-state index is -0.727. The molecule has 0 unspecified atom stereocenters. The zero-order chi connectivity index (χ0) is 20.1. The summed E-state index contributed by atoms with van der Waals surface area (Å²) >= 11 is 1.31. The number of ether oxygens (including phenoxy) is 1. The maximum absolute atomic E-state index is 12.5. The van der Waals surface area contributed by atoms with E-state index in [0.29, 0.717) is 17.1 Å². The highest BCUT2D eigenvalue weighted by Crippen LogP contribution is 2.36. The van der Waals surface area contributed by atoms with Gasteiger partial charge in [-0.3, -0.25) is 14.4 Å². The second kappa shape index (κ2) is 8.98. The Morgan fingerprint density at radius 2 is 1.89 bits per heavy atom. The van der Waals surface area contributed by atoms with Crippen molar-refractivity contribution in [3.8, 4) is 0 Å². The van der Waals surface area contributed by atoms with Crippen molar-refractivity contribution in [2.75, 3.05) is 18.5 Å². The van der Waals surface area contributed by atoms with Gasteiger partial charge in [0.1, 0.15) is 11.0 Å². The molecule has 27 heavy (non-hydrogen) atoms. The van der Waals surface area contributed by atoms with E-state index in [2.05, 4.69) is 16.0 Å². The Kier molecular flexibility index (Phi) is 6.95. The highest BCUT2D eigenvalue weighted by atomic mass is 32.1. The normalized spacial score (nSPS) is 14.2. The fraction of sp³-hybridized carbons (Fsp3) is 0.556. The Hall–Kier alpha value is -2.42. The number of nitrogens with one attached hydrogen (secondary N) is 3. The van der Waals surface area contributed by atoms with Crippen LogP contribution in [0.15, 0.2) is 0 Å². The number of carbonyl (C=O) groups is 4. The molecule has 9 heteroatoms. The van der Waals surface area contributed by atoms with Crippen LogP contribution >= 0.6 is 11.3 Å². The maximum Gasteiger partial charge on any atom is 0.341 e. The van der Waals surface area contributed by atoms with Crippen LogP contribution in [0.5, 0.6) is 0 Å². The Bertz CT molecular complexity index is 754. The first-order valence-corrected chi connectivity index (χ1v) is 9.71. The Balaban J connectivity index is 1.96. The molecule has 8 nitrogen and oxygen atoms in total. The Morgan fingerprint density at radius 1 is 1.22 bits per heavy atom. The van der Waals surface area contributed by atoms with Gasteiger partial charge in [-0.1, -0.05) is 0 Å². The first kappa shape index (κ1) is 20.9. The quantitative estimate of drug-likeness (QED) is 0.578. The van der Waals surface area contributed by atoms with Crippen molar-refractivity contribution >= 4 is 40.0 Å². The predicted octanol–water partition coefficient (Wildman–Crippen LogP) is 1.51. The molecule has 1 heterocycles. The number of esters is 1. The molecular formula is C18H25N3O5S. The van der Waals surface area contributed by atoms with Gasteiger partial charge in [0.15, 0.2) is 6.61 Å². The molecule has 1 fully saturated rings. The van der Waals surface area contributed by atoms with Crippen LogP contribution in [0, 0.1) is 19.8 Å². The van der Waals surface area contributed by atoms with E-state index in [-0.39, 0.29) is 23.3 Å². The molecule has 3 amide bonds. The summed E-state index contributed by atoms with van der Waals surface area (Å²) in [5, 5.41) is 8.29. The summed E-state index contributed by atoms with van der Waals surface area (Å²) in [6, 6.07) is -0.727. The molecule has 1 atom stereocenters. The highest BCUT2D eigenvalue weighted by Gasteiger charge is 2.32. The number of hydrogen-bond acceptors (Lipinski definition) is 6. The molecule has 0 radical (unpaired) electrons. The molecule has 0 spiro atoms. The van der Waals surface area contributed by atoms with E-state index in [4.69, 9.17) is 4.74 Å². The van der Waals surface area contributed by atoms with Crippen LogP contribution in [0.2, 0.25) is 0 Å². The van der Waals surface area contributed by atoms with Crippen molar-refractivity contribution in [3.63, 3.8) is 0 Å². The number of thiophene rings is 1. The van der Waals surface area contributed by atoms with Gasteiger partial charge in [-0.2, -0.15) is 0 Å². The van der Waals surface area contributed by atoms with Gasteiger partial charge < -0.3 is 20.7 Å². The number of amides is 3. The lowest BCUT2D eigenvalue weighted by Gasteiger charge is -2.13. The number of likely N-dealkylation sites (N-methyl/N-ethyl adjacent to an activating group) is 1. The third-order valence-electron chi connectivity index (χ3n) is 4.23. The SMILES string of the molecule is CCNC(=O)[C@@H](C)NC(=O)COC(=O)c1c(NC(=O)C2CC2)sc(C)c1C. The van der Waals surface area contributed by atoms with Gasteiger partial charge in [0, 0.05) is 17.3 Å². The molecule has 0 bridgehead atoms. The number of rotatable bonds is 8. The van der Waals surface area contributed by atoms with E-state index >= 15 is 0 Å². The molecule has 3 N–H and O–H groups in total. The second-order valence-corrected chi connectivity index (χ2v) is 7.74. The number of carbonyl (C=O) groups excluding carboxylic acids is 4. The Morgan fingerprint density at radius 3 is 2.48 bits per heavy atom. The maximum atomic E-state index is 12.5. The monoisotopic (exact) mass is 395 g/mol. The van der Waals surface area contributed by atoms with Gasteiger partial charge in [-0.15, -0.1) is 11.3 Å². The van der Waals surface area contributed by atoms with Gasteiger partial charge in [0.25, 0.3) is 5.91 Å². The topological polar surface area (TPSA) is 114 Å². The molecule has 0 aromatic carbocycles. The second-order valence-electron chi connectivity index (χ2n) is 6.51. The summed E-state index contributed by atoms with van der Waals surface area (Å²) in [4.78, 5) is 48.9. The van der Waals surface area contributed by atoms with Crippen LogP contribution in [-0.2, 0) is 19.1 Å². The zero-order valence-electron chi connectivity index (χ0n) is 15.9. The first-order valence-electron chi connectivity index (χ1n) is 8.89. The lowest BCUT2D eigenvalue weighted by Crippen LogP contribution is -2.46. The average Bonchev–Trinajstić information content (AvgIpc) is 3.41. The van der Waals surface area contributed by atoms with E-state index in [0.717, 1.165) is 17.7 Å². The molecule has 148 valence electrons. The number of hydrogen-bond donors (Lipinski definition) is 3. The van der Waals surface area contributed by atoms with Gasteiger partial charge in [-0.25, -0.2) is 4.79 Å². The van der Waals surface area contributed by atoms with E-state index in [1.54, 1.807) is 20.8 Å². The molecule has 1 aromatic heterocycles. The number of anilines is 1. The lowest BCUT2D eigenvalue weighted by atomic mass is 10.1. The summed E-state index contributed by atoms with van der Waals surface area (Å²) in [6.07, 6.45) is 1.72. The van der Waals surface area contributed by atoms with Crippen molar-refractivity contribution in [1.82, 2.24) is 10.6 Å². The van der Waals surface area contributed by atoms with Gasteiger partial charge >= 0.3 is 5.97 Å². The summed E-state index contributed by atoms with van der Waals surface area (Å²) in [5.74, 6) is -1.65. The van der Waals surface area contributed by atoms with Crippen LogP contribution in [0.4, 0.5) is 5.00 Å². The van der Waals surface area contributed by atoms with E-state index in [9.17, 15) is 19.2 Å². The molecule has 0 aliphatic heterocycles. The minimum absolute atomic E-state index is 0.0121. The minimum Gasteiger partial charge on any atom is -0.452 e. The van der Waals surface area contributed by atoms with E-state index < -0.39 is 24.5 Å². The van der Waals surface area contributed by atoms with Gasteiger partial charge in [0.05, 0.1) is 5.56 Å². The smallest absolute Gasteiger partial charge is 0.341 e. The molecule has 1 saturated carbocycles. The third kappa shape index (κ3) is 5.53. The van der Waals surface area contributed by atoms with E-state index in [1.165, 1.54) is 11.3 Å².